The largest absolute Gasteiger partial charge is 0.373 e. The Morgan fingerprint density at radius 3 is 3.06 bits per heavy atom. The Balaban J connectivity index is 1.72. The van der Waals surface area contributed by atoms with Crippen LogP contribution in [0.2, 0.25) is 0 Å². The normalized spacial score (nSPS) is 17.1. The molecule has 0 fully saturated rings. The van der Waals surface area contributed by atoms with Gasteiger partial charge in [0.25, 0.3) is 0 Å². The summed E-state index contributed by atoms with van der Waals surface area (Å²) in [7, 11) is 0. The van der Waals surface area contributed by atoms with E-state index in [0.29, 0.717) is 0 Å². The number of hydrogen-bond acceptors (Lipinski definition) is 3. The fourth-order valence-corrected chi connectivity index (χ4v) is 2.65. The highest BCUT2D eigenvalue weighted by Gasteiger charge is 2.25. The first kappa shape index (κ1) is 13.3. The van der Waals surface area contributed by atoms with E-state index in [1.807, 2.05) is 30.0 Å². The number of benzene rings is 1. The first-order valence-corrected chi connectivity index (χ1v) is 7.81. The lowest BCUT2D eigenvalue weighted by Gasteiger charge is -2.11. The zero-order valence-electron chi connectivity index (χ0n) is 10.7. The van der Waals surface area contributed by atoms with Crippen LogP contribution < -0.4 is 10.6 Å². The second-order valence-electron chi connectivity index (χ2n) is 4.55. The van der Waals surface area contributed by atoms with Crippen LogP contribution >= 0.6 is 11.8 Å². The van der Waals surface area contributed by atoms with Crippen LogP contribution in [0.3, 0.4) is 0 Å². The fourth-order valence-electron chi connectivity index (χ4n) is 2.16. The molecule has 0 bridgehead atoms. The zero-order valence-corrected chi connectivity index (χ0v) is 11.6. The van der Waals surface area contributed by atoms with Crippen molar-refractivity contribution in [1.29, 1.82) is 0 Å². The van der Waals surface area contributed by atoms with Crippen molar-refractivity contribution in [3.63, 3.8) is 0 Å². The Kier molecular flexibility index (Phi) is 4.93. The predicted molar refractivity (Wildman–Crippen MR) is 78.2 cm³/mol. The van der Waals surface area contributed by atoms with Crippen LogP contribution in [-0.4, -0.2) is 30.5 Å². The summed E-state index contributed by atoms with van der Waals surface area (Å²) in [5, 5.41) is 6.28. The summed E-state index contributed by atoms with van der Waals surface area (Å²) in [4.78, 5) is 12.0. The molecule has 1 atom stereocenters. The Labute approximate surface area is 113 Å². The van der Waals surface area contributed by atoms with Crippen molar-refractivity contribution in [1.82, 2.24) is 5.32 Å². The molecule has 1 aliphatic heterocycles. The third-order valence-corrected chi connectivity index (χ3v) is 3.86. The zero-order chi connectivity index (χ0) is 12.8. The highest BCUT2D eigenvalue weighted by Crippen LogP contribution is 2.24. The monoisotopic (exact) mass is 264 g/mol. The Morgan fingerprint density at radius 2 is 2.28 bits per heavy atom. The number of hydrogen-bond donors (Lipinski definition) is 2. The number of rotatable bonds is 6. The molecule has 18 heavy (non-hydrogen) atoms. The van der Waals surface area contributed by atoms with Crippen molar-refractivity contribution in [2.24, 2.45) is 0 Å². The highest BCUT2D eigenvalue weighted by molar-refractivity contribution is 7.98. The molecule has 2 N–H and O–H groups in total. The smallest absolute Gasteiger partial charge is 0.242 e. The molecular weight excluding hydrogens is 244 g/mol. The molecule has 0 spiro atoms. The maximum absolute atomic E-state index is 12.0. The van der Waals surface area contributed by atoms with Crippen LogP contribution in [0.4, 0.5) is 5.69 Å². The van der Waals surface area contributed by atoms with E-state index >= 15 is 0 Å². The second-order valence-corrected chi connectivity index (χ2v) is 5.53. The summed E-state index contributed by atoms with van der Waals surface area (Å²) < 4.78 is 0. The topological polar surface area (TPSA) is 41.1 Å². The molecule has 2 rings (SSSR count). The number of thioether (sulfide) groups is 1. The van der Waals surface area contributed by atoms with E-state index in [0.717, 1.165) is 25.1 Å². The number of carbonyl (C=O) groups is 1. The molecule has 98 valence electrons. The molecule has 0 radical (unpaired) electrons. The third kappa shape index (κ3) is 3.42. The molecule has 0 saturated carbocycles. The van der Waals surface area contributed by atoms with Gasteiger partial charge in [-0.25, -0.2) is 0 Å². The number of anilines is 1. The molecule has 1 amide bonds. The van der Waals surface area contributed by atoms with Crippen LogP contribution in [0.1, 0.15) is 18.4 Å². The lowest BCUT2D eigenvalue weighted by molar-refractivity contribution is -0.121. The van der Waals surface area contributed by atoms with Crippen molar-refractivity contribution >= 4 is 23.4 Å². The minimum absolute atomic E-state index is 0.0945. The Hall–Kier alpha value is -1.16. The number of unbranched alkanes of at least 4 members (excludes halogenated alkanes) is 1. The first-order valence-electron chi connectivity index (χ1n) is 6.42. The fraction of sp³-hybridized carbons (Fsp3) is 0.500. The number of para-hydroxylation sites is 1. The molecule has 1 aromatic rings. The van der Waals surface area contributed by atoms with Gasteiger partial charge in [0.2, 0.25) is 5.91 Å². The van der Waals surface area contributed by atoms with Gasteiger partial charge in [0.05, 0.1) is 0 Å². The van der Waals surface area contributed by atoms with Crippen LogP contribution in [0.5, 0.6) is 0 Å². The maximum atomic E-state index is 12.0. The predicted octanol–water partition coefficient (Wildman–Crippen LogP) is 2.28. The molecule has 1 aromatic carbocycles. The van der Waals surface area contributed by atoms with Crippen LogP contribution in [-0.2, 0) is 11.2 Å². The molecule has 0 saturated heterocycles. The van der Waals surface area contributed by atoms with Gasteiger partial charge in [-0.15, -0.1) is 0 Å². The SMILES string of the molecule is CSCCCCNC(=O)[C@@H]1Cc2ccccc2N1. The summed E-state index contributed by atoms with van der Waals surface area (Å²) in [6.45, 7) is 0.786. The van der Waals surface area contributed by atoms with Gasteiger partial charge in [0, 0.05) is 18.7 Å². The number of fused-ring (bicyclic) bond motifs is 1. The molecule has 0 aromatic heterocycles. The first-order chi connectivity index (χ1) is 8.81. The summed E-state index contributed by atoms with van der Waals surface area (Å²) in [5.41, 5.74) is 2.33. The average molecular weight is 264 g/mol. The van der Waals surface area contributed by atoms with E-state index in [4.69, 9.17) is 0 Å². The Morgan fingerprint density at radius 1 is 1.44 bits per heavy atom. The van der Waals surface area contributed by atoms with Crippen molar-refractivity contribution in [3.05, 3.63) is 29.8 Å². The third-order valence-electron chi connectivity index (χ3n) is 3.16. The number of amides is 1. The van der Waals surface area contributed by atoms with Crippen molar-refractivity contribution < 1.29 is 4.79 Å². The van der Waals surface area contributed by atoms with E-state index in [1.165, 1.54) is 17.7 Å². The standard InChI is InChI=1S/C14H20N2OS/c1-18-9-5-4-8-15-14(17)13-10-11-6-2-3-7-12(11)16-13/h2-3,6-7,13,16H,4-5,8-10H2,1H3,(H,15,17)/t13-/m0/s1. The maximum Gasteiger partial charge on any atom is 0.242 e. The molecule has 0 unspecified atom stereocenters. The molecular formula is C14H20N2OS. The van der Waals surface area contributed by atoms with Gasteiger partial charge in [0.1, 0.15) is 6.04 Å². The summed E-state index contributed by atoms with van der Waals surface area (Å²) in [5.74, 6) is 1.29. The minimum atomic E-state index is -0.0945. The summed E-state index contributed by atoms with van der Waals surface area (Å²) in [6, 6.07) is 8.02. The van der Waals surface area contributed by atoms with Crippen LogP contribution in [0, 0.1) is 0 Å². The molecule has 4 heteroatoms. The van der Waals surface area contributed by atoms with Gasteiger partial charge in [-0.2, -0.15) is 11.8 Å². The van der Waals surface area contributed by atoms with Crippen LogP contribution in [0.25, 0.3) is 0 Å². The van der Waals surface area contributed by atoms with E-state index in [-0.39, 0.29) is 11.9 Å². The van der Waals surface area contributed by atoms with Gasteiger partial charge in [-0.05, 0) is 36.5 Å². The summed E-state index contributed by atoms with van der Waals surface area (Å²) >= 11 is 1.85. The quantitative estimate of drug-likeness (QED) is 0.775. The van der Waals surface area contributed by atoms with E-state index < -0.39 is 0 Å². The minimum Gasteiger partial charge on any atom is -0.373 e. The molecule has 1 heterocycles. The van der Waals surface area contributed by atoms with Gasteiger partial charge in [-0.1, -0.05) is 18.2 Å². The van der Waals surface area contributed by atoms with Gasteiger partial charge < -0.3 is 10.6 Å². The molecule has 0 aliphatic carbocycles. The van der Waals surface area contributed by atoms with Gasteiger partial charge >= 0.3 is 0 Å². The lowest BCUT2D eigenvalue weighted by Crippen LogP contribution is -2.38. The highest BCUT2D eigenvalue weighted by atomic mass is 32.2. The van der Waals surface area contributed by atoms with Crippen molar-refractivity contribution in [3.8, 4) is 0 Å². The van der Waals surface area contributed by atoms with Crippen LogP contribution in [0.15, 0.2) is 24.3 Å². The average Bonchev–Trinajstić information content (AvgIpc) is 2.82. The van der Waals surface area contributed by atoms with Crippen molar-refractivity contribution in [2.45, 2.75) is 25.3 Å². The van der Waals surface area contributed by atoms with Gasteiger partial charge in [0.15, 0.2) is 0 Å². The Bertz CT molecular complexity index is 384. The summed E-state index contributed by atoms with van der Waals surface area (Å²) in [6.07, 6.45) is 5.14. The van der Waals surface area contributed by atoms with E-state index in [1.54, 1.807) is 0 Å². The van der Waals surface area contributed by atoms with Crippen molar-refractivity contribution in [2.75, 3.05) is 23.9 Å². The van der Waals surface area contributed by atoms with Gasteiger partial charge in [-0.3, -0.25) is 4.79 Å². The molecule has 1 aliphatic rings. The van der Waals surface area contributed by atoms with E-state index in [2.05, 4.69) is 23.0 Å². The number of carbonyl (C=O) groups excluding carboxylic acids is 1. The van der Waals surface area contributed by atoms with E-state index in [9.17, 15) is 4.79 Å². The number of nitrogens with one attached hydrogen (secondary N) is 2. The lowest BCUT2D eigenvalue weighted by atomic mass is 10.1. The molecule has 3 nitrogen and oxygen atoms in total. The second kappa shape index (κ2) is 6.69.